The van der Waals surface area contributed by atoms with Crippen LogP contribution in [-0.2, 0) is 0 Å². The van der Waals surface area contributed by atoms with Crippen LogP contribution >= 0.6 is 0 Å². The Bertz CT molecular complexity index is 510. The zero-order valence-corrected chi connectivity index (χ0v) is 13.4. The number of aryl methyl sites for hydroxylation is 1. The maximum Gasteiger partial charge on any atom is 0.333 e. The Labute approximate surface area is 126 Å². The molecular weight excluding hydrogens is 268 g/mol. The lowest BCUT2D eigenvalue weighted by Crippen LogP contribution is -2.33. The minimum Gasteiger partial charge on any atom is -0.362 e. The topological polar surface area (TPSA) is 73.0 Å². The molecule has 0 saturated heterocycles. The van der Waals surface area contributed by atoms with Gasteiger partial charge in [-0.1, -0.05) is 26.2 Å². The number of hydrogen-bond acceptors (Lipinski definition) is 4. The van der Waals surface area contributed by atoms with Crippen LogP contribution in [0.25, 0.3) is 0 Å². The molecule has 1 heterocycles. The third-order valence-corrected chi connectivity index (χ3v) is 4.48. The van der Waals surface area contributed by atoms with E-state index in [4.69, 9.17) is 0 Å². The van der Waals surface area contributed by atoms with Gasteiger partial charge in [-0.3, -0.25) is 10.1 Å². The minimum absolute atomic E-state index is 0.101. The van der Waals surface area contributed by atoms with Gasteiger partial charge in [0.25, 0.3) is 0 Å². The van der Waals surface area contributed by atoms with E-state index in [-0.39, 0.29) is 16.7 Å². The van der Waals surface area contributed by atoms with Crippen LogP contribution in [-0.4, -0.2) is 20.7 Å². The van der Waals surface area contributed by atoms with Gasteiger partial charge in [-0.05, 0) is 39.5 Å². The lowest BCUT2D eigenvalue weighted by atomic mass is 9.83. The third kappa shape index (κ3) is 3.19. The van der Waals surface area contributed by atoms with Gasteiger partial charge in [-0.2, -0.15) is 5.10 Å². The summed E-state index contributed by atoms with van der Waals surface area (Å²) < 4.78 is 1.76. The molecule has 1 saturated carbocycles. The fourth-order valence-corrected chi connectivity index (χ4v) is 3.33. The van der Waals surface area contributed by atoms with Gasteiger partial charge in [0.15, 0.2) is 0 Å². The minimum atomic E-state index is -0.312. The molecule has 0 spiro atoms. The molecule has 1 aliphatic carbocycles. The van der Waals surface area contributed by atoms with Crippen molar-refractivity contribution < 1.29 is 4.92 Å². The number of nitrogens with one attached hydrogen (secondary N) is 1. The summed E-state index contributed by atoms with van der Waals surface area (Å²) in [6.07, 6.45) is 5.85. The van der Waals surface area contributed by atoms with E-state index in [0.29, 0.717) is 23.5 Å². The van der Waals surface area contributed by atoms with Gasteiger partial charge in [-0.15, -0.1) is 0 Å². The predicted molar refractivity (Wildman–Crippen MR) is 83.7 cm³/mol. The standard InChI is InChI=1S/C15H26N4O2/c1-5-12-8-6-7-9-13(12)16-15-14(19(20)21)11(4)17-18(15)10(2)3/h10,12-13,16H,5-9H2,1-4H3. The largest absolute Gasteiger partial charge is 0.362 e. The van der Waals surface area contributed by atoms with Crippen LogP contribution in [0.1, 0.15) is 64.6 Å². The Balaban J connectivity index is 2.34. The predicted octanol–water partition coefficient (Wildman–Crippen LogP) is 4.06. The Morgan fingerprint density at radius 2 is 2.10 bits per heavy atom. The van der Waals surface area contributed by atoms with Gasteiger partial charge in [-0.25, -0.2) is 4.68 Å². The van der Waals surface area contributed by atoms with Gasteiger partial charge in [0, 0.05) is 12.1 Å². The van der Waals surface area contributed by atoms with Crippen molar-refractivity contribution in [1.82, 2.24) is 9.78 Å². The molecule has 21 heavy (non-hydrogen) atoms. The van der Waals surface area contributed by atoms with Crippen LogP contribution in [0.4, 0.5) is 11.5 Å². The second-order valence-electron chi connectivity index (χ2n) is 6.28. The zero-order valence-electron chi connectivity index (χ0n) is 13.4. The molecule has 1 aliphatic rings. The summed E-state index contributed by atoms with van der Waals surface area (Å²) in [5.41, 5.74) is 0.615. The van der Waals surface area contributed by atoms with Gasteiger partial charge in [0.1, 0.15) is 5.69 Å². The van der Waals surface area contributed by atoms with Gasteiger partial charge in [0.2, 0.25) is 5.82 Å². The first kappa shape index (κ1) is 15.8. The molecule has 0 amide bonds. The van der Waals surface area contributed by atoms with E-state index >= 15 is 0 Å². The van der Waals surface area contributed by atoms with Crippen LogP contribution in [0.15, 0.2) is 0 Å². The number of aromatic nitrogens is 2. The Morgan fingerprint density at radius 1 is 1.43 bits per heavy atom. The van der Waals surface area contributed by atoms with E-state index in [2.05, 4.69) is 17.3 Å². The number of anilines is 1. The lowest BCUT2D eigenvalue weighted by Gasteiger charge is -2.32. The van der Waals surface area contributed by atoms with Crippen molar-refractivity contribution >= 4 is 11.5 Å². The first-order valence-electron chi connectivity index (χ1n) is 7.95. The molecule has 1 aromatic heterocycles. The van der Waals surface area contributed by atoms with Crippen LogP contribution < -0.4 is 5.32 Å². The number of rotatable bonds is 5. The smallest absolute Gasteiger partial charge is 0.333 e. The summed E-state index contributed by atoms with van der Waals surface area (Å²) in [5, 5.41) is 19.2. The summed E-state index contributed by atoms with van der Waals surface area (Å²) >= 11 is 0. The molecule has 0 radical (unpaired) electrons. The van der Waals surface area contributed by atoms with Gasteiger partial charge in [0.05, 0.1) is 4.92 Å². The number of nitrogens with zero attached hydrogens (tertiary/aromatic N) is 3. The van der Waals surface area contributed by atoms with Crippen LogP contribution in [0.3, 0.4) is 0 Å². The van der Waals surface area contributed by atoms with Crippen LogP contribution in [0.2, 0.25) is 0 Å². The third-order valence-electron chi connectivity index (χ3n) is 4.48. The fraction of sp³-hybridized carbons (Fsp3) is 0.800. The number of hydrogen-bond donors (Lipinski definition) is 1. The molecule has 0 aliphatic heterocycles. The van der Waals surface area contributed by atoms with Crippen molar-refractivity contribution in [3.8, 4) is 0 Å². The summed E-state index contributed by atoms with van der Waals surface area (Å²) in [5.74, 6) is 1.17. The molecule has 1 N–H and O–H groups in total. The maximum atomic E-state index is 11.4. The van der Waals surface area contributed by atoms with E-state index in [1.165, 1.54) is 19.3 Å². The van der Waals surface area contributed by atoms with E-state index in [0.717, 1.165) is 12.8 Å². The Morgan fingerprint density at radius 3 is 2.67 bits per heavy atom. The SMILES string of the molecule is CCC1CCCCC1Nc1c([N+](=O)[O-])c(C)nn1C(C)C. The zero-order chi connectivity index (χ0) is 15.6. The molecule has 0 bridgehead atoms. The molecule has 1 fully saturated rings. The molecule has 118 valence electrons. The van der Waals surface area contributed by atoms with Crippen LogP contribution in [0.5, 0.6) is 0 Å². The van der Waals surface area contributed by atoms with E-state index in [1.807, 2.05) is 13.8 Å². The van der Waals surface area contributed by atoms with Crippen molar-refractivity contribution in [2.75, 3.05) is 5.32 Å². The number of nitro groups is 1. The Hall–Kier alpha value is -1.59. The van der Waals surface area contributed by atoms with Crippen molar-refractivity contribution in [1.29, 1.82) is 0 Å². The lowest BCUT2D eigenvalue weighted by molar-refractivity contribution is -0.384. The highest BCUT2D eigenvalue weighted by Gasteiger charge is 2.31. The van der Waals surface area contributed by atoms with E-state index in [1.54, 1.807) is 11.6 Å². The monoisotopic (exact) mass is 294 g/mol. The first-order chi connectivity index (χ1) is 9.95. The highest BCUT2D eigenvalue weighted by atomic mass is 16.6. The normalized spacial score (nSPS) is 22.5. The highest BCUT2D eigenvalue weighted by Crippen LogP contribution is 2.35. The molecule has 0 aromatic carbocycles. The average Bonchev–Trinajstić information content (AvgIpc) is 2.76. The van der Waals surface area contributed by atoms with Crippen molar-refractivity contribution in [3.05, 3.63) is 15.8 Å². The molecular formula is C15H26N4O2. The molecule has 2 rings (SSSR count). The van der Waals surface area contributed by atoms with Crippen LogP contribution in [0, 0.1) is 23.0 Å². The molecule has 2 unspecified atom stereocenters. The summed E-state index contributed by atoms with van der Waals surface area (Å²) in [4.78, 5) is 11.1. The van der Waals surface area contributed by atoms with Crippen molar-refractivity contribution in [2.24, 2.45) is 5.92 Å². The average molecular weight is 294 g/mol. The van der Waals surface area contributed by atoms with Gasteiger partial charge < -0.3 is 5.32 Å². The second-order valence-corrected chi connectivity index (χ2v) is 6.28. The molecule has 6 heteroatoms. The van der Waals surface area contributed by atoms with E-state index < -0.39 is 0 Å². The Kier molecular flexibility index (Phi) is 4.85. The molecule has 2 atom stereocenters. The summed E-state index contributed by atoms with van der Waals surface area (Å²) in [6, 6.07) is 0.416. The van der Waals surface area contributed by atoms with Gasteiger partial charge >= 0.3 is 5.69 Å². The molecule has 1 aromatic rings. The fourth-order valence-electron chi connectivity index (χ4n) is 3.33. The second kappa shape index (κ2) is 6.45. The van der Waals surface area contributed by atoms with Crippen molar-refractivity contribution in [3.63, 3.8) is 0 Å². The summed E-state index contributed by atoms with van der Waals surface area (Å²) in [6.45, 7) is 7.91. The molecule has 6 nitrogen and oxygen atoms in total. The van der Waals surface area contributed by atoms with E-state index in [9.17, 15) is 10.1 Å². The maximum absolute atomic E-state index is 11.4. The first-order valence-corrected chi connectivity index (χ1v) is 7.95. The summed E-state index contributed by atoms with van der Waals surface area (Å²) in [7, 11) is 0. The van der Waals surface area contributed by atoms with Crippen molar-refractivity contribution in [2.45, 2.75) is 71.9 Å². The highest BCUT2D eigenvalue weighted by molar-refractivity contribution is 5.60. The quantitative estimate of drug-likeness (QED) is 0.656.